The molecule has 23 heteroatoms. The second kappa shape index (κ2) is 17.4. The highest BCUT2D eigenvalue weighted by Gasteiger charge is 2.39. The number of pyridine rings is 1. The minimum absolute atomic E-state index is 0.0565. The maximum absolute atomic E-state index is 13.0. The lowest BCUT2D eigenvalue weighted by atomic mass is 10.1. The summed E-state index contributed by atoms with van der Waals surface area (Å²) in [6.45, 7) is 0.0633. The Morgan fingerprint density at radius 2 is 1.66 bits per heavy atom. The zero-order chi connectivity index (χ0) is 42.0. The number of carbonyl (C=O) groups excluding carboxylic acids is 1. The molecule has 310 valence electrons. The quantitative estimate of drug-likeness (QED) is 0.0438. The largest absolute Gasteiger partial charge is 0.756 e. The molecule has 1 aliphatic rings. The number of hydrogen-bond acceptors (Lipinski definition) is 14. The van der Waals surface area contributed by atoms with E-state index in [1.54, 1.807) is 10.8 Å². The van der Waals surface area contributed by atoms with E-state index in [0.717, 1.165) is 33.2 Å². The third-order valence-electron chi connectivity index (χ3n) is 9.21. The minimum Gasteiger partial charge on any atom is -0.756 e. The van der Waals surface area contributed by atoms with Gasteiger partial charge in [0, 0.05) is 81.5 Å². The van der Waals surface area contributed by atoms with E-state index >= 15 is 0 Å². The summed E-state index contributed by atoms with van der Waals surface area (Å²) in [5, 5.41) is 5.52. The molecule has 0 bridgehead atoms. The number of nitrogens with zero attached hydrogens (tertiary/aromatic N) is 6. The van der Waals surface area contributed by atoms with Crippen LogP contribution in [0.3, 0.4) is 0 Å². The van der Waals surface area contributed by atoms with Gasteiger partial charge in [-0.05, 0) is 43.2 Å². The molecule has 58 heavy (non-hydrogen) atoms. The molecule has 0 spiro atoms. The number of anilines is 3. The van der Waals surface area contributed by atoms with E-state index in [1.807, 2.05) is 28.2 Å². The van der Waals surface area contributed by atoms with E-state index in [1.165, 1.54) is 6.33 Å². The lowest BCUT2D eigenvalue weighted by Gasteiger charge is -2.21. The summed E-state index contributed by atoms with van der Waals surface area (Å²) in [6.07, 6.45) is 2.95. The van der Waals surface area contributed by atoms with Crippen LogP contribution in [0.5, 0.6) is 0 Å². The predicted molar refractivity (Wildman–Crippen MR) is 212 cm³/mol. The monoisotopic (exact) mass is 860 g/mol. The molecule has 6 rings (SSSR count). The van der Waals surface area contributed by atoms with Gasteiger partial charge in [0.05, 0.1) is 30.2 Å². The summed E-state index contributed by atoms with van der Waals surface area (Å²) < 4.78 is 56.5. The van der Waals surface area contributed by atoms with Crippen molar-refractivity contribution in [2.75, 3.05) is 56.9 Å². The fourth-order valence-electron chi connectivity index (χ4n) is 6.55. The van der Waals surface area contributed by atoms with E-state index < -0.39 is 42.4 Å². The number of fused-ring (bicyclic) bond motifs is 3. The molecule has 6 N–H and O–H groups in total. The molecule has 1 amide bonds. The van der Waals surface area contributed by atoms with Gasteiger partial charge < -0.3 is 49.7 Å². The van der Waals surface area contributed by atoms with Crippen LogP contribution < -0.4 is 30.3 Å². The number of phosphoric ester groups is 1. The van der Waals surface area contributed by atoms with Crippen LogP contribution >= 0.6 is 23.5 Å². The summed E-state index contributed by atoms with van der Waals surface area (Å²) in [6, 6.07) is 14.9. The molecule has 2 aromatic carbocycles. The number of ether oxygens (including phenoxy) is 1. The highest BCUT2D eigenvalue weighted by atomic mass is 31.3. The minimum atomic E-state index is -5.78. The van der Waals surface area contributed by atoms with Gasteiger partial charge in [0.1, 0.15) is 30.6 Å². The van der Waals surface area contributed by atoms with Crippen molar-refractivity contribution in [3.05, 3.63) is 60.6 Å². The molecule has 3 aromatic heterocycles. The molecule has 20 nitrogen and oxygen atoms in total. The van der Waals surface area contributed by atoms with E-state index in [-0.39, 0.29) is 24.7 Å². The molecule has 0 aliphatic carbocycles. The summed E-state index contributed by atoms with van der Waals surface area (Å²) in [5.41, 5.74) is 11.3. The fourth-order valence-corrected chi connectivity index (χ4v) is 9.57. The maximum atomic E-state index is 13.0. The Bertz CT molecular complexity index is 2500. The van der Waals surface area contributed by atoms with Crippen LogP contribution in [-0.2, 0) is 42.9 Å². The second-order valence-electron chi connectivity index (χ2n) is 13.8. The van der Waals surface area contributed by atoms with Crippen molar-refractivity contribution < 1.29 is 60.5 Å². The Morgan fingerprint density at radius 3 is 2.28 bits per heavy atom. The van der Waals surface area contributed by atoms with Gasteiger partial charge in [-0.1, -0.05) is 11.8 Å². The number of amides is 1. The summed E-state index contributed by atoms with van der Waals surface area (Å²) >= 11 is 0. The Morgan fingerprint density at radius 1 is 1.00 bits per heavy atom. The number of carbonyl (C=O) groups is 1. The van der Waals surface area contributed by atoms with Gasteiger partial charge in [-0.3, -0.25) is 13.9 Å². The van der Waals surface area contributed by atoms with Gasteiger partial charge in [-0.15, -0.1) is 0 Å². The van der Waals surface area contributed by atoms with Crippen LogP contribution in [0, 0.1) is 11.8 Å². The third kappa shape index (κ3) is 10.6. The standard InChI is InChI=1S/C35H43N8O12P3/c1-40(2)26-11-9-23-17-24-10-12-27(41(3)4)19-30(24)42(29(23)18-26)16-6-8-31(44)37-15-5-7-25-20-43(35-33(25)34(36)38-22-39-35)32-14-13-28(53-32)21-52-57(48,49)55-58(50,51)54-56(45,46)47/h9-12,17-20,22,28,32H,6,8,13-16,21H2,1-4H3,(H6-,36,37,38,39,44,45,46,47,48,49,50,51)/t28-,32+/m0/s1. The van der Waals surface area contributed by atoms with Gasteiger partial charge >= 0.3 is 15.6 Å². The molecule has 4 heterocycles. The van der Waals surface area contributed by atoms with Gasteiger partial charge in [0.2, 0.25) is 16.9 Å². The molecule has 0 radical (unpaired) electrons. The summed E-state index contributed by atoms with van der Waals surface area (Å²) in [5.74, 6) is 5.98. The number of benzene rings is 2. The lowest BCUT2D eigenvalue weighted by Crippen LogP contribution is -2.37. The number of aryl methyl sites for hydroxylation is 1. The number of nitrogens with two attached hydrogens (primary N) is 1. The van der Waals surface area contributed by atoms with Crippen molar-refractivity contribution in [2.24, 2.45) is 0 Å². The SMILES string of the molecule is CN(C)c1ccc2cc3ccc(N(C)C)cc3[n+](CCCC(=O)NCC#Cc3cn([C@H]4CC[C@@H](COP(=O)(O)OP(=O)(O)OP(=O)([O-])O)O4)c4ncnc(N)c34)c2c1. The fraction of sp³-hybridized carbons (Fsp3) is 0.371. The Kier molecular flexibility index (Phi) is 12.9. The zero-order valence-corrected chi connectivity index (χ0v) is 34.6. The first-order valence-corrected chi connectivity index (χ1v) is 22.3. The van der Waals surface area contributed by atoms with Crippen molar-refractivity contribution in [1.29, 1.82) is 0 Å². The first kappa shape index (κ1) is 43.1. The van der Waals surface area contributed by atoms with E-state index in [9.17, 15) is 33.2 Å². The number of nitrogens with one attached hydrogen (secondary N) is 1. The average molecular weight is 861 g/mol. The normalized spacial score (nSPS) is 18.6. The Hall–Kier alpha value is -4.47. The molecule has 0 saturated carbocycles. The molecule has 5 aromatic rings. The zero-order valence-electron chi connectivity index (χ0n) is 31.9. The number of nitrogen functional groups attached to an aromatic ring is 1. The first-order valence-electron chi connectivity index (χ1n) is 17.8. The van der Waals surface area contributed by atoms with E-state index in [2.05, 4.69) is 92.6 Å². The van der Waals surface area contributed by atoms with Crippen molar-refractivity contribution in [2.45, 2.75) is 44.6 Å². The van der Waals surface area contributed by atoms with Crippen molar-refractivity contribution in [3.63, 3.8) is 0 Å². The van der Waals surface area contributed by atoms with Crippen molar-refractivity contribution >= 4 is 79.4 Å². The summed E-state index contributed by atoms with van der Waals surface area (Å²) in [7, 11) is -8.83. The first-order chi connectivity index (χ1) is 27.3. The van der Waals surface area contributed by atoms with Crippen LogP contribution in [0.15, 0.2) is 55.0 Å². The number of phosphoric acid groups is 3. The van der Waals surface area contributed by atoms with Crippen LogP contribution in [0.1, 0.15) is 37.5 Å². The van der Waals surface area contributed by atoms with E-state index in [0.29, 0.717) is 42.4 Å². The Labute approximate surface area is 333 Å². The second-order valence-corrected chi connectivity index (χ2v) is 18.2. The molecule has 1 saturated heterocycles. The molecular weight excluding hydrogens is 817 g/mol. The van der Waals surface area contributed by atoms with Gasteiger partial charge in [-0.25, -0.2) is 23.4 Å². The van der Waals surface area contributed by atoms with E-state index in [4.69, 9.17) is 19.9 Å². The van der Waals surface area contributed by atoms with Gasteiger partial charge in [-0.2, -0.15) is 8.88 Å². The topological polar surface area (TPSA) is 268 Å². The average Bonchev–Trinajstić information content (AvgIpc) is 3.76. The molecular formula is C35H43N8O12P3. The number of aromatic nitrogens is 4. The number of hydrogen-bond donors (Lipinski definition) is 5. The highest BCUT2D eigenvalue weighted by molar-refractivity contribution is 7.66. The molecule has 1 aliphatic heterocycles. The Balaban J connectivity index is 1.08. The van der Waals surface area contributed by atoms with Gasteiger partial charge in [0.15, 0.2) is 0 Å². The lowest BCUT2D eigenvalue weighted by molar-refractivity contribution is -0.645. The van der Waals surface area contributed by atoms with Crippen LogP contribution in [0.2, 0.25) is 0 Å². The smallest absolute Gasteiger partial charge is 0.487 e. The van der Waals surface area contributed by atoms with Crippen LogP contribution in [0.25, 0.3) is 32.8 Å². The molecule has 3 unspecified atom stereocenters. The summed E-state index contributed by atoms with van der Waals surface area (Å²) in [4.78, 5) is 64.0. The van der Waals surface area contributed by atoms with Gasteiger partial charge in [0.25, 0.3) is 7.82 Å². The van der Waals surface area contributed by atoms with Crippen molar-refractivity contribution in [1.82, 2.24) is 19.9 Å². The number of rotatable bonds is 15. The van der Waals surface area contributed by atoms with Crippen LogP contribution in [-0.4, -0.2) is 82.6 Å². The predicted octanol–water partition coefficient (Wildman–Crippen LogP) is 3.08. The van der Waals surface area contributed by atoms with Crippen LogP contribution in [0.4, 0.5) is 17.2 Å². The molecule has 1 fully saturated rings. The highest BCUT2D eigenvalue weighted by Crippen LogP contribution is 2.65. The van der Waals surface area contributed by atoms with Crippen molar-refractivity contribution in [3.8, 4) is 11.8 Å². The third-order valence-corrected chi connectivity index (χ3v) is 13.0. The molecule has 5 atom stereocenters. The maximum Gasteiger partial charge on any atom is 0.487 e.